The molecule has 3 aromatic heterocycles. The highest BCUT2D eigenvalue weighted by Crippen LogP contribution is 2.40. The topological polar surface area (TPSA) is 70.2 Å². The summed E-state index contributed by atoms with van der Waals surface area (Å²) in [6.45, 7) is 3.89. The number of aryl methyl sites for hydroxylation is 2. The number of aromatic hydroxyl groups is 1. The van der Waals surface area contributed by atoms with Crippen molar-refractivity contribution in [3.05, 3.63) is 111 Å². The molecule has 1 atom stereocenters. The SMILES string of the molecule is Cc1ccc(C)c(C2=NN(C(=O)c3cc4cc(-c5ccc(Cl)s5)cc(C(F)(F)F)n4n3)[C@@H](c3ccccc3O)C2)c1. The summed E-state index contributed by atoms with van der Waals surface area (Å²) >= 11 is 7.18. The van der Waals surface area contributed by atoms with Crippen LogP contribution in [0.15, 0.2) is 77.9 Å². The maximum absolute atomic E-state index is 14.1. The average Bonchev–Trinajstić information content (AvgIpc) is 3.67. The number of halogens is 4. The van der Waals surface area contributed by atoms with Crippen molar-refractivity contribution in [3.8, 4) is 16.2 Å². The first-order valence-corrected chi connectivity index (χ1v) is 13.8. The van der Waals surface area contributed by atoms with Gasteiger partial charge in [-0.2, -0.15) is 23.4 Å². The van der Waals surface area contributed by atoms with Crippen molar-refractivity contribution in [1.29, 1.82) is 0 Å². The first-order chi connectivity index (χ1) is 19.5. The number of carbonyl (C=O) groups is 1. The van der Waals surface area contributed by atoms with E-state index in [2.05, 4.69) is 10.2 Å². The fourth-order valence-corrected chi connectivity index (χ4v) is 6.09. The molecule has 0 fully saturated rings. The smallest absolute Gasteiger partial charge is 0.433 e. The number of nitrogens with zero attached hydrogens (tertiary/aromatic N) is 4. The molecular formula is C30H22ClF3N4O2S. The summed E-state index contributed by atoms with van der Waals surface area (Å²) in [7, 11) is 0. The third kappa shape index (κ3) is 4.98. The Morgan fingerprint density at radius 3 is 2.54 bits per heavy atom. The summed E-state index contributed by atoms with van der Waals surface area (Å²) in [5.41, 5.74) is 3.11. The monoisotopic (exact) mass is 594 g/mol. The van der Waals surface area contributed by atoms with Gasteiger partial charge in [0.05, 0.1) is 21.6 Å². The van der Waals surface area contributed by atoms with Gasteiger partial charge in [-0.15, -0.1) is 11.3 Å². The lowest BCUT2D eigenvalue weighted by Gasteiger charge is -2.21. The summed E-state index contributed by atoms with van der Waals surface area (Å²) in [5.74, 6) is -0.697. The van der Waals surface area contributed by atoms with Crippen LogP contribution < -0.4 is 0 Å². The van der Waals surface area contributed by atoms with Crippen molar-refractivity contribution in [2.75, 3.05) is 0 Å². The predicted octanol–water partition coefficient (Wildman–Crippen LogP) is 8.05. The van der Waals surface area contributed by atoms with Crippen molar-refractivity contribution in [2.45, 2.75) is 32.5 Å². The Morgan fingerprint density at radius 1 is 1.05 bits per heavy atom. The maximum atomic E-state index is 14.1. The number of amides is 1. The van der Waals surface area contributed by atoms with E-state index in [0.29, 0.717) is 32.5 Å². The van der Waals surface area contributed by atoms with Gasteiger partial charge in [0, 0.05) is 22.4 Å². The molecule has 6 rings (SSSR count). The standard InChI is InChI=1S/C30H22ClF3N4O2S/c1-16-7-8-17(2)21(11-16)22-15-24(20-5-3-4-6-25(20)39)38(35-22)29(40)23-14-19-12-18(26-9-10-28(31)41-26)13-27(30(32,33)34)37(19)36-23/h3-14,24,39H,15H2,1-2H3/t24-/m1/s1. The minimum absolute atomic E-state index is 0.0127. The van der Waals surface area contributed by atoms with Crippen LogP contribution in [-0.4, -0.2) is 31.3 Å². The van der Waals surface area contributed by atoms with Crippen molar-refractivity contribution in [3.63, 3.8) is 0 Å². The number of hydrazone groups is 1. The number of carbonyl (C=O) groups excluding carboxylic acids is 1. The van der Waals surface area contributed by atoms with Crippen LogP contribution in [0.5, 0.6) is 5.75 Å². The van der Waals surface area contributed by atoms with Crippen LogP contribution in [0, 0.1) is 13.8 Å². The Morgan fingerprint density at radius 2 is 1.83 bits per heavy atom. The highest BCUT2D eigenvalue weighted by Gasteiger charge is 2.38. The molecular weight excluding hydrogens is 573 g/mol. The molecule has 0 saturated heterocycles. The summed E-state index contributed by atoms with van der Waals surface area (Å²) in [5, 5.41) is 20.6. The first-order valence-electron chi connectivity index (χ1n) is 12.6. The van der Waals surface area contributed by atoms with Crippen molar-refractivity contribution in [2.24, 2.45) is 5.10 Å². The largest absolute Gasteiger partial charge is 0.508 e. The minimum Gasteiger partial charge on any atom is -0.508 e. The zero-order valence-electron chi connectivity index (χ0n) is 21.8. The van der Waals surface area contributed by atoms with Crippen LogP contribution in [0.2, 0.25) is 4.34 Å². The molecule has 6 nitrogen and oxygen atoms in total. The van der Waals surface area contributed by atoms with E-state index in [1.54, 1.807) is 30.3 Å². The van der Waals surface area contributed by atoms with E-state index in [9.17, 15) is 23.1 Å². The first kappa shape index (κ1) is 27.0. The summed E-state index contributed by atoms with van der Waals surface area (Å²) in [4.78, 5) is 14.5. The van der Waals surface area contributed by atoms with E-state index in [1.807, 2.05) is 32.0 Å². The summed E-state index contributed by atoms with van der Waals surface area (Å²) < 4.78 is 43.6. The Kier molecular flexibility index (Phi) is 6.62. The van der Waals surface area contributed by atoms with Gasteiger partial charge in [0.2, 0.25) is 0 Å². The molecule has 1 amide bonds. The fraction of sp³-hybridized carbons (Fsp3) is 0.167. The molecule has 5 aromatic rings. The van der Waals surface area contributed by atoms with Gasteiger partial charge in [-0.05, 0) is 67.4 Å². The highest BCUT2D eigenvalue weighted by molar-refractivity contribution is 7.19. The molecule has 0 radical (unpaired) electrons. The van der Waals surface area contributed by atoms with E-state index in [0.717, 1.165) is 38.6 Å². The Labute approximate surface area is 241 Å². The van der Waals surface area contributed by atoms with Crippen LogP contribution in [0.3, 0.4) is 0 Å². The van der Waals surface area contributed by atoms with Crippen molar-refractivity contribution in [1.82, 2.24) is 14.6 Å². The molecule has 41 heavy (non-hydrogen) atoms. The molecule has 0 spiro atoms. The number of para-hydroxylation sites is 1. The second-order valence-corrected chi connectivity index (χ2v) is 11.6. The molecule has 0 aliphatic carbocycles. The Bertz CT molecular complexity index is 1860. The van der Waals surface area contributed by atoms with Gasteiger partial charge in [-0.1, -0.05) is 47.5 Å². The van der Waals surface area contributed by atoms with E-state index in [-0.39, 0.29) is 17.0 Å². The second kappa shape index (κ2) is 10.0. The van der Waals surface area contributed by atoms with Gasteiger partial charge in [0.25, 0.3) is 5.91 Å². The van der Waals surface area contributed by atoms with Gasteiger partial charge in [-0.3, -0.25) is 4.79 Å². The van der Waals surface area contributed by atoms with Crippen LogP contribution in [-0.2, 0) is 6.18 Å². The predicted molar refractivity (Wildman–Crippen MR) is 153 cm³/mol. The lowest BCUT2D eigenvalue weighted by Crippen LogP contribution is -2.27. The maximum Gasteiger partial charge on any atom is 0.433 e. The van der Waals surface area contributed by atoms with Gasteiger partial charge in [0.15, 0.2) is 5.69 Å². The third-order valence-electron chi connectivity index (χ3n) is 7.05. The molecule has 1 aliphatic rings. The number of phenols is 1. The third-order valence-corrected chi connectivity index (χ3v) is 8.33. The van der Waals surface area contributed by atoms with Gasteiger partial charge in [-0.25, -0.2) is 9.52 Å². The van der Waals surface area contributed by atoms with E-state index in [1.165, 1.54) is 23.2 Å². The number of phenolic OH excluding ortho intramolecular Hbond substituents is 1. The molecule has 0 saturated carbocycles. The zero-order chi connectivity index (χ0) is 29.1. The van der Waals surface area contributed by atoms with E-state index >= 15 is 0 Å². The molecule has 1 N–H and O–H groups in total. The average molecular weight is 595 g/mol. The molecule has 1 aliphatic heterocycles. The van der Waals surface area contributed by atoms with Crippen molar-refractivity contribution >= 4 is 40.1 Å². The number of aromatic nitrogens is 2. The molecule has 11 heteroatoms. The van der Waals surface area contributed by atoms with Gasteiger partial charge < -0.3 is 5.11 Å². The minimum atomic E-state index is -4.73. The van der Waals surface area contributed by atoms with E-state index < -0.39 is 23.8 Å². The van der Waals surface area contributed by atoms with Crippen LogP contribution in [0.25, 0.3) is 16.0 Å². The molecule has 4 heterocycles. The van der Waals surface area contributed by atoms with Crippen LogP contribution >= 0.6 is 22.9 Å². The number of benzene rings is 2. The van der Waals surface area contributed by atoms with Gasteiger partial charge in [0.1, 0.15) is 11.4 Å². The quantitative estimate of drug-likeness (QED) is 0.229. The summed E-state index contributed by atoms with van der Waals surface area (Å²) in [6.07, 6.45) is -4.43. The highest BCUT2D eigenvalue weighted by atomic mass is 35.5. The lowest BCUT2D eigenvalue weighted by atomic mass is 9.94. The van der Waals surface area contributed by atoms with Crippen LogP contribution in [0.4, 0.5) is 13.2 Å². The van der Waals surface area contributed by atoms with E-state index in [4.69, 9.17) is 11.6 Å². The Balaban J connectivity index is 1.47. The molecule has 2 aromatic carbocycles. The number of fused-ring (bicyclic) bond motifs is 1. The van der Waals surface area contributed by atoms with Crippen LogP contribution in [0.1, 0.15) is 50.9 Å². The molecule has 0 bridgehead atoms. The molecule has 0 unspecified atom stereocenters. The number of hydrogen-bond acceptors (Lipinski definition) is 5. The van der Waals surface area contributed by atoms with Gasteiger partial charge >= 0.3 is 6.18 Å². The zero-order valence-corrected chi connectivity index (χ0v) is 23.3. The fourth-order valence-electron chi connectivity index (χ4n) is 5.05. The number of thiophene rings is 1. The molecule has 208 valence electrons. The normalized spacial score (nSPS) is 15.5. The number of rotatable bonds is 4. The van der Waals surface area contributed by atoms with Crippen molar-refractivity contribution < 1.29 is 23.1 Å². The Hall–Kier alpha value is -4.15. The number of pyridine rings is 1. The second-order valence-electron chi connectivity index (χ2n) is 9.89. The lowest BCUT2D eigenvalue weighted by molar-refractivity contribution is -0.142. The number of alkyl halides is 3. The summed E-state index contributed by atoms with van der Waals surface area (Å²) in [6, 6.07) is 19.0. The number of hydrogen-bond donors (Lipinski definition) is 1.